The molecule has 0 atom stereocenters. The molecule has 0 aliphatic carbocycles. The fraction of sp³-hybridized carbons (Fsp3) is 0.375. The zero-order valence-corrected chi connectivity index (χ0v) is 8.91. The van der Waals surface area contributed by atoms with Crippen LogP contribution < -0.4 is 5.32 Å². The minimum absolute atomic E-state index is 0.165. The van der Waals surface area contributed by atoms with Crippen LogP contribution in [0.2, 0.25) is 0 Å². The number of esters is 1. The fourth-order valence-corrected chi connectivity index (χ4v) is 0.450. The van der Waals surface area contributed by atoms with Crippen LogP contribution in [0.25, 0.3) is 0 Å². The number of carbonyl (C=O) groups is 2. The Morgan fingerprint density at radius 2 is 2.27 bits per heavy atom. The molecule has 0 fully saturated rings. The van der Waals surface area contributed by atoms with Gasteiger partial charge in [0.25, 0.3) is 0 Å². The van der Waals surface area contributed by atoms with Crippen LogP contribution in [0.4, 0.5) is 4.79 Å². The van der Waals surface area contributed by atoms with E-state index in [1.807, 2.05) is 0 Å². The lowest BCUT2D eigenvalue weighted by molar-refractivity contribution is -0.138. The summed E-state index contributed by atoms with van der Waals surface area (Å²) in [6.07, 6.45) is 0.138. The molecule has 0 saturated heterocycles. The van der Waals surface area contributed by atoms with Crippen LogP contribution in [0.5, 0.6) is 0 Å². The fourth-order valence-electron chi connectivity index (χ4n) is 0.401. The summed E-state index contributed by atoms with van der Waals surface area (Å²) < 4.78 is 4.45. The van der Waals surface area contributed by atoms with Crippen LogP contribution in [0.1, 0.15) is 6.92 Å². The lowest BCUT2D eigenvalue weighted by Gasteiger charge is -2.02. The second-order valence-electron chi connectivity index (χ2n) is 2.33. The standard InChI is InChI=1S/C8H11ClN2O4/c1-3-7(12)14-5-10-8(13)15-11-6(2)4-9/h3H,1,4-5H2,2H3,(H,10,13)/b11-6-. The molecule has 0 bridgehead atoms. The van der Waals surface area contributed by atoms with Gasteiger partial charge in [-0.2, -0.15) is 0 Å². The quantitative estimate of drug-likeness (QED) is 0.147. The third-order valence-electron chi connectivity index (χ3n) is 1.08. The first kappa shape index (κ1) is 13.4. The highest BCUT2D eigenvalue weighted by atomic mass is 35.5. The summed E-state index contributed by atoms with van der Waals surface area (Å²) in [4.78, 5) is 25.7. The third-order valence-corrected chi connectivity index (χ3v) is 1.46. The van der Waals surface area contributed by atoms with E-state index in [9.17, 15) is 9.59 Å². The molecule has 1 amide bonds. The molecule has 0 radical (unpaired) electrons. The lowest BCUT2D eigenvalue weighted by atomic mass is 10.5. The number of rotatable bonds is 5. The molecule has 0 aromatic rings. The van der Waals surface area contributed by atoms with Crippen molar-refractivity contribution in [2.75, 3.05) is 12.6 Å². The maximum absolute atomic E-state index is 10.8. The lowest BCUT2D eigenvalue weighted by Crippen LogP contribution is -2.27. The van der Waals surface area contributed by atoms with E-state index in [0.717, 1.165) is 6.08 Å². The van der Waals surface area contributed by atoms with Gasteiger partial charge in [-0.15, -0.1) is 11.6 Å². The van der Waals surface area contributed by atoms with Crippen molar-refractivity contribution in [3.05, 3.63) is 12.7 Å². The molecule has 0 aromatic heterocycles. The van der Waals surface area contributed by atoms with Gasteiger partial charge in [0.1, 0.15) is 0 Å². The van der Waals surface area contributed by atoms with Crippen LogP contribution in [-0.2, 0) is 14.4 Å². The summed E-state index contributed by atoms with van der Waals surface area (Å²) >= 11 is 5.38. The van der Waals surface area contributed by atoms with Gasteiger partial charge in [0.2, 0.25) is 0 Å². The van der Waals surface area contributed by atoms with E-state index in [-0.39, 0.29) is 12.6 Å². The summed E-state index contributed by atoms with van der Waals surface area (Å²) in [5, 5.41) is 5.50. The van der Waals surface area contributed by atoms with Crippen LogP contribution in [-0.4, -0.2) is 30.4 Å². The Kier molecular flexibility index (Phi) is 7.00. The van der Waals surface area contributed by atoms with Crippen molar-refractivity contribution in [3.8, 4) is 0 Å². The molecule has 15 heavy (non-hydrogen) atoms. The number of nitrogens with zero attached hydrogens (tertiary/aromatic N) is 1. The molecule has 0 unspecified atom stereocenters. The number of carbonyl (C=O) groups excluding carboxylic acids is 2. The average Bonchev–Trinajstić information content (AvgIpc) is 2.25. The van der Waals surface area contributed by atoms with Crippen molar-refractivity contribution in [1.29, 1.82) is 0 Å². The summed E-state index contributed by atoms with van der Waals surface area (Å²) in [5.74, 6) is -0.477. The number of hydrogen-bond donors (Lipinski definition) is 1. The molecular weight excluding hydrogens is 224 g/mol. The third kappa shape index (κ3) is 7.51. The number of alkyl halides is 1. The van der Waals surface area contributed by atoms with Gasteiger partial charge in [0, 0.05) is 6.08 Å². The second kappa shape index (κ2) is 7.81. The number of ether oxygens (including phenoxy) is 1. The van der Waals surface area contributed by atoms with Gasteiger partial charge >= 0.3 is 12.1 Å². The van der Waals surface area contributed by atoms with Crippen LogP contribution >= 0.6 is 11.6 Å². The van der Waals surface area contributed by atoms with E-state index in [0.29, 0.717) is 5.71 Å². The maximum atomic E-state index is 10.8. The maximum Gasteiger partial charge on any atom is 0.435 e. The Labute approximate surface area is 91.9 Å². The second-order valence-corrected chi connectivity index (χ2v) is 2.59. The van der Waals surface area contributed by atoms with E-state index in [2.05, 4.69) is 26.6 Å². The summed E-state index contributed by atoms with van der Waals surface area (Å²) in [6, 6.07) is 0. The predicted molar refractivity (Wildman–Crippen MR) is 54.6 cm³/mol. The van der Waals surface area contributed by atoms with E-state index < -0.39 is 12.1 Å². The number of hydrogen-bond acceptors (Lipinski definition) is 5. The van der Waals surface area contributed by atoms with Gasteiger partial charge < -0.3 is 4.74 Å². The van der Waals surface area contributed by atoms with Gasteiger partial charge in [-0.05, 0) is 6.92 Å². The number of oxime groups is 1. The highest BCUT2D eigenvalue weighted by molar-refractivity contribution is 6.28. The van der Waals surface area contributed by atoms with Gasteiger partial charge in [-0.1, -0.05) is 11.7 Å². The van der Waals surface area contributed by atoms with Crippen molar-refractivity contribution in [2.24, 2.45) is 5.16 Å². The molecule has 0 spiro atoms. The van der Waals surface area contributed by atoms with Crippen molar-refractivity contribution in [3.63, 3.8) is 0 Å². The van der Waals surface area contributed by atoms with Crippen LogP contribution in [0, 0.1) is 0 Å². The zero-order valence-electron chi connectivity index (χ0n) is 8.16. The molecule has 0 aliphatic heterocycles. The van der Waals surface area contributed by atoms with E-state index in [1.54, 1.807) is 6.92 Å². The zero-order chi connectivity index (χ0) is 11.7. The highest BCUT2D eigenvalue weighted by Crippen LogP contribution is 1.86. The van der Waals surface area contributed by atoms with Crippen molar-refractivity contribution in [1.82, 2.24) is 5.32 Å². The molecule has 0 saturated carbocycles. The highest BCUT2D eigenvalue weighted by Gasteiger charge is 2.02. The molecular formula is C8H11ClN2O4. The summed E-state index contributed by atoms with van der Waals surface area (Å²) in [5.41, 5.74) is 0.454. The number of halogens is 1. The smallest absolute Gasteiger partial charge is 0.435 e. The molecule has 6 nitrogen and oxygen atoms in total. The normalized spacial score (nSPS) is 10.4. The van der Waals surface area contributed by atoms with Crippen LogP contribution in [0.15, 0.2) is 17.8 Å². The van der Waals surface area contributed by atoms with Crippen molar-refractivity contribution < 1.29 is 19.2 Å². The first-order valence-corrected chi connectivity index (χ1v) is 4.47. The van der Waals surface area contributed by atoms with Gasteiger partial charge in [0.05, 0.1) is 11.6 Å². The SMILES string of the molecule is C=CC(=O)OCNC(=O)O/N=C(/C)CCl. The Bertz CT molecular complexity index is 278. The molecule has 84 valence electrons. The van der Waals surface area contributed by atoms with Crippen LogP contribution in [0.3, 0.4) is 0 Å². The largest absolute Gasteiger partial charge is 0.441 e. The molecule has 1 N–H and O–H groups in total. The number of nitrogens with one attached hydrogen (secondary N) is 1. The van der Waals surface area contributed by atoms with E-state index >= 15 is 0 Å². The minimum atomic E-state index is -0.837. The van der Waals surface area contributed by atoms with Gasteiger partial charge in [0.15, 0.2) is 6.73 Å². The molecule has 0 aromatic carbocycles. The van der Waals surface area contributed by atoms with Crippen molar-refractivity contribution >= 4 is 29.4 Å². The molecule has 0 rings (SSSR count). The Balaban J connectivity index is 3.67. The molecule has 0 heterocycles. The van der Waals surface area contributed by atoms with Gasteiger partial charge in [-0.25, -0.2) is 9.59 Å². The number of amides is 1. The van der Waals surface area contributed by atoms with Gasteiger partial charge in [-0.3, -0.25) is 10.2 Å². The Morgan fingerprint density at radius 3 is 2.80 bits per heavy atom. The molecule has 0 aliphatic rings. The van der Waals surface area contributed by atoms with E-state index in [1.165, 1.54) is 0 Å². The summed E-state index contributed by atoms with van der Waals surface area (Å²) in [6.45, 7) is 4.46. The minimum Gasteiger partial charge on any atom is -0.441 e. The monoisotopic (exact) mass is 234 g/mol. The first-order valence-electron chi connectivity index (χ1n) is 3.93. The predicted octanol–water partition coefficient (Wildman–Crippen LogP) is 1.01. The topological polar surface area (TPSA) is 77.0 Å². The first-order chi connectivity index (χ1) is 7.10. The molecule has 7 heteroatoms. The average molecular weight is 235 g/mol. The van der Waals surface area contributed by atoms with Crippen molar-refractivity contribution in [2.45, 2.75) is 6.92 Å². The van der Waals surface area contributed by atoms with E-state index in [4.69, 9.17) is 11.6 Å². The summed E-state index contributed by atoms with van der Waals surface area (Å²) in [7, 11) is 0. The Morgan fingerprint density at radius 1 is 1.60 bits per heavy atom. The Hall–Kier alpha value is -1.56.